The van der Waals surface area contributed by atoms with Crippen LogP contribution in [0.3, 0.4) is 0 Å². The molecule has 1 aromatic heterocycles. The number of thiazole rings is 1. The lowest BCUT2D eigenvalue weighted by Gasteiger charge is -2.09. The van der Waals surface area contributed by atoms with Crippen molar-refractivity contribution in [1.82, 2.24) is 10.3 Å². The Labute approximate surface area is 134 Å². The highest BCUT2D eigenvalue weighted by molar-refractivity contribution is 7.11. The summed E-state index contributed by atoms with van der Waals surface area (Å²) in [6.45, 7) is 4.75. The third-order valence-electron chi connectivity index (χ3n) is 2.85. The number of aryl methyl sites for hydroxylation is 1. The first-order valence-corrected chi connectivity index (χ1v) is 7.90. The van der Waals surface area contributed by atoms with E-state index in [1.807, 2.05) is 31.3 Å². The highest BCUT2D eigenvalue weighted by Gasteiger charge is 2.05. The molecule has 0 atom stereocenters. The Hall–Kier alpha value is -1.14. The molecule has 1 heterocycles. The topological polar surface area (TPSA) is 43.4 Å². The first kappa shape index (κ1) is 16.2. The zero-order chi connectivity index (χ0) is 15.1. The second-order valence-corrected chi connectivity index (χ2v) is 6.30. The van der Waals surface area contributed by atoms with E-state index >= 15 is 0 Å². The molecule has 0 unspecified atom stereocenters. The first-order chi connectivity index (χ1) is 10.2. The molecule has 0 spiro atoms. The Balaban J connectivity index is 1.86. The van der Waals surface area contributed by atoms with Crippen LogP contribution >= 0.6 is 22.9 Å². The maximum atomic E-state index is 6.25. The van der Waals surface area contributed by atoms with Gasteiger partial charge < -0.3 is 14.8 Å². The van der Waals surface area contributed by atoms with Crippen LogP contribution in [0.25, 0.3) is 0 Å². The predicted molar refractivity (Wildman–Crippen MR) is 86.2 cm³/mol. The zero-order valence-corrected chi connectivity index (χ0v) is 13.8. The van der Waals surface area contributed by atoms with Crippen LogP contribution in [0.1, 0.15) is 15.4 Å². The minimum atomic E-state index is 0.497. The van der Waals surface area contributed by atoms with E-state index in [1.165, 1.54) is 0 Å². The molecule has 0 amide bonds. The summed E-state index contributed by atoms with van der Waals surface area (Å²) >= 11 is 7.88. The smallest absolute Gasteiger partial charge is 0.138 e. The van der Waals surface area contributed by atoms with E-state index in [4.69, 9.17) is 21.1 Å². The molecule has 0 radical (unpaired) electrons. The van der Waals surface area contributed by atoms with E-state index in [2.05, 4.69) is 10.3 Å². The Kier molecular flexibility index (Phi) is 6.45. The fourth-order valence-electron chi connectivity index (χ4n) is 1.80. The largest absolute Gasteiger partial charge is 0.486 e. The van der Waals surface area contributed by atoms with Gasteiger partial charge in [0.1, 0.15) is 12.4 Å². The molecule has 0 aliphatic carbocycles. The fourth-order valence-corrected chi connectivity index (χ4v) is 2.77. The van der Waals surface area contributed by atoms with Crippen molar-refractivity contribution in [3.05, 3.63) is 44.9 Å². The summed E-state index contributed by atoms with van der Waals surface area (Å²) in [5.74, 6) is 0.698. The van der Waals surface area contributed by atoms with Crippen LogP contribution in [0.4, 0.5) is 0 Å². The molecule has 2 rings (SSSR count). The summed E-state index contributed by atoms with van der Waals surface area (Å²) in [5, 5.41) is 4.94. The number of methoxy groups -OCH3 is 1. The SMILES string of the molecule is COCCNCc1ccc(OCc2cnc(C)s2)c(Cl)c1. The Morgan fingerprint density at radius 2 is 2.24 bits per heavy atom. The molecule has 0 aliphatic rings. The lowest BCUT2D eigenvalue weighted by molar-refractivity contribution is 0.199. The number of nitrogens with zero attached hydrogens (tertiary/aromatic N) is 1. The number of ether oxygens (including phenoxy) is 2. The molecule has 6 heteroatoms. The van der Waals surface area contributed by atoms with Gasteiger partial charge in [0.25, 0.3) is 0 Å². The van der Waals surface area contributed by atoms with Crippen molar-refractivity contribution in [1.29, 1.82) is 0 Å². The second kappa shape index (κ2) is 8.34. The lowest BCUT2D eigenvalue weighted by atomic mass is 10.2. The monoisotopic (exact) mass is 326 g/mol. The van der Waals surface area contributed by atoms with Crippen LogP contribution in [-0.4, -0.2) is 25.2 Å². The van der Waals surface area contributed by atoms with Crippen LogP contribution in [0.15, 0.2) is 24.4 Å². The molecular formula is C15H19ClN2O2S. The van der Waals surface area contributed by atoms with Gasteiger partial charge in [-0.2, -0.15) is 0 Å². The Morgan fingerprint density at radius 3 is 2.90 bits per heavy atom. The molecule has 1 N–H and O–H groups in total. The highest BCUT2D eigenvalue weighted by Crippen LogP contribution is 2.27. The molecule has 2 aromatic rings. The summed E-state index contributed by atoms with van der Waals surface area (Å²) in [6, 6.07) is 5.84. The summed E-state index contributed by atoms with van der Waals surface area (Å²) in [5.41, 5.74) is 1.12. The standard InChI is InChI=1S/C15H19ClN2O2S/c1-11-18-9-13(21-11)10-20-15-4-3-12(7-14(15)16)8-17-5-6-19-2/h3-4,7,9,17H,5-6,8,10H2,1-2H3. The normalized spacial score (nSPS) is 10.8. The summed E-state index contributed by atoms with van der Waals surface area (Å²) in [6.07, 6.45) is 1.84. The average Bonchev–Trinajstić information content (AvgIpc) is 2.88. The summed E-state index contributed by atoms with van der Waals surface area (Å²) in [7, 11) is 1.69. The van der Waals surface area contributed by atoms with Crippen molar-refractivity contribution in [2.45, 2.75) is 20.1 Å². The summed E-state index contributed by atoms with van der Waals surface area (Å²) in [4.78, 5) is 5.29. The van der Waals surface area contributed by atoms with Crippen LogP contribution in [0.2, 0.25) is 5.02 Å². The maximum absolute atomic E-state index is 6.25. The number of halogens is 1. The second-order valence-electron chi connectivity index (χ2n) is 4.57. The van der Waals surface area contributed by atoms with Gasteiger partial charge in [-0.25, -0.2) is 4.98 Å². The molecular weight excluding hydrogens is 308 g/mol. The van der Waals surface area contributed by atoms with Crippen molar-refractivity contribution in [3.8, 4) is 5.75 Å². The third-order valence-corrected chi connectivity index (χ3v) is 4.03. The molecule has 4 nitrogen and oxygen atoms in total. The number of rotatable bonds is 8. The van der Waals surface area contributed by atoms with Gasteiger partial charge in [-0.3, -0.25) is 0 Å². The number of hydrogen-bond acceptors (Lipinski definition) is 5. The van der Waals surface area contributed by atoms with Crippen LogP contribution < -0.4 is 10.1 Å². The van der Waals surface area contributed by atoms with E-state index < -0.39 is 0 Å². The highest BCUT2D eigenvalue weighted by atomic mass is 35.5. The van der Waals surface area contributed by atoms with Crippen LogP contribution in [-0.2, 0) is 17.9 Å². The van der Waals surface area contributed by atoms with Gasteiger partial charge in [-0.1, -0.05) is 17.7 Å². The van der Waals surface area contributed by atoms with Gasteiger partial charge in [-0.05, 0) is 24.6 Å². The van der Waals surface area contributed by atoms with Gasteiger partial charge in [0, 0.05) is 26.4 Å². The number of nitrogens with one attached hydrogen (secondary N) is 1. The molecule has 0 aliphatic heterocycles. The Morgan fingerprint density at radius 1 is 1.38 bits per heavy atom. The minimum Gasteiger partial charge on any atom is -0.486 e. The Bertz CT molecular complexity index is 575. The van der Waals surface area contributed by atoms with Gasteiger partial charge in [0.15, 0.2) is 0 Å². The molecule has 1 aromatic carbocycles. The fraction of sp³-hybridized carbons (Fsp3) is 0.400. The van der Waals surface area contributed by atoms with E-state index in [9.17, 15) is 0 Å². The quantitative estimate of drug-likeness (QED) is 0.755. The zero-order valence-electron chi connectivity index (χ0n) is 12.2. The van der Waals surface area contributed by atoms with Gasteiger partial charge in [-0.15, -0.1) is 11.3 Å². The van der Waals surface area contributed by atoms with Crippen molar-refractivity contribution in [2.24, 2.45) is 0 Å². The van der Waals surface area contributed by atoms with Crippen LogP contribution in [0.5, 0.6) is 5.75 Å². The van der Waals surface area contributed by atoms with E-state index in [0.717, 1.165) is 28.5 Å². The number of hydrogen-bond donors (Lipinski definition) is 1. The minimum absolute atomic E-state index is 0.497. The molecule has 21 heavy (non-hydrogen) atoms. The van der Waals surface area contributed by atoms with Crippen molar-refractivity contribution in [3.63, 3.8) is 0 Å². The molecule has 0 saturated heterocycles. The first-order valence-electron chi connectivity index (χ1n) is 6.71. The van der Waals surface area contributed by atoms with Gasteiger partial charge in [0.2, 0.25) is 0 Å². The average molecular weight is 327 g/mol. The van der Waals surface area contributed by atoms with E-state index in [-0.39, 0.29) is 0 Å². The van der Waals surface area contributed by atoms with E-state index in [1.54, 1.807) is 18.4 Å². The van der Waals surface area contributed by atoms with Crippen LogP contribution in [0, 0.1) is 6.92 Å². The third kappa shape index (κ3) is 5.28. The van der Waals surface area contributed by atoms with Crippen molar-refractivity contribution >= 4 is 22.9 Å². The maximum Gasteiger partial charge on any atom is 0.138 e. The molecule has 0 fully saturated rings. The molecule has 0 bridgehead atoms. The molecule has 114 valence electrons. The van der Waals surface area contributed by atoms with Crippen molar-refractivity contribution in [2.75, 3.05) is 20.3 Å². The lowest BCUT2D eigenvalue weighted by Crippen LogP contribution is -2.18. The predicted octanol–water partition coefficient (Wildman–Crippen LogP) is 3.42. The number of benzene rings is 1. The van der Waals surface area contributed by atoms with Crippen molar-refractivity contribution < 1.29 is 9.47 Å². The van der Waals surface area contributed by atoms with Gasteiger partial charge >= 0.3 is 0 Å². The van der Waals surface area contributed by atoms with Gasteiger partial charge in [0.05, 0.1) is 21.5 Å². The summed E-state index contributed by atoms with van der Waals surface area (Å²) < 4.78 is 10.7. The molecule has 0 saturated carbocycles. The number of aromatic nitrogens is 1. The van der Waals surface area contributed by atoms with E-state index in [0.29, 0.717) is 24.0 Å².